The molecular formula is C25H32N2O4. The van der Waals surface area contributed by atoms with Crippen LogP contribution in [0.5, 0.6) is 17.2 Å². The molecule has 6 heteroatoms. The Morgan fingerprint density at radius 1 is 1.10 bits per heavy atom. The second kappa shape index (κ2) is 10.1. The van der Waals surface area contributed by atoms with Gasteiger partial charge in [-0.3, -0.25) is 9.69 Å². The largest absolute Gasteiger partial charge is 0.494 e. The summed E-state index contributed by atoms with van der Waals surface area (Å²) in [5, 5.41) is 0. The van der Waals surface area contributed by atoms with Crippen LogP contribution in [0.15, 0.2) is 42.5 Å². The van der Waals surface area contributed by atoms with Crippen LogP contribution in [-0.4, -0.2) is 55.7 Å². The van der Waals surface area contributed by atoms with Crippen molar-refractivity contribution in [3.05, 3.63) is 53.6 Å². The zero-order valence-electron chi connectivity index (χ0n) is 18.5. The normalized spacial score (nSPS) is 18.5. The van der Waals surface area contributed by atoms with E-state index < -0.39 is 0 Å². The van der Waals surface area contributed by atoms with Crippen LogP contribution in [-0.2, 0) is 11.3 Å². The van der Waals surface area contributed by atoms with Crippen LogP contribution in [0.1, 0.15) is 43.4 Å². The van der Waals surface area contributed by atoms with Gasteiger partial charge in [-0.05, 0) is 61.7 Å². The molecule has 31 heavy (non-hydrogen) atoms. The molecule has 2 heterocycles. The molecule has 1 saturated heterocycles. The highest BCUT2D eigenvalue weighted by Crippen LogP contribution is 2.37. The summed E-state index contributed by atoms with van der Waals surface area (Å²) in [4.78, 5) is 17.0. The summed E-state index contributed by atoms with van der Waals surface area (Å²) in [6.45, 7) is 5.94. The van der Waals surface area contributed by atoms with Crippen LogP contribution >= 0.6 is 0 Å². The molecule has 6 nitrogen and oxygen atoms in total. The Hall–Kier alpha value is -2.73. The highest BCUT2D eigenvalue weighted by Gasteiger charge is 2.29. The van der Waals surface area contributed by atoms with Gasteiger partial charge < -0.3 is 19.1 Å². The van der Waals surface area contributed by atoms with Crippen molar-refractivity contribution in [1.82, 2.24) is 9.80 Å². The number of carbonyl (C=O) groups excluding carboxylic acids is 1. The predicted octanol–water partition coefficient (Wildman–Crippen LogP) is 4.04. The first-order chi connectivity index (χ1) is 15.1. The van der Waals surface area contributed by atoms with E-state index in [9.17, 15) is 4.79 Å². The number of carbonyl (C=O) groups is 1. The van der Waals surface area contributed by atoms with Crippen molar-refractivity contribution in [2.45, 2.75) is 38.8 Å². The fourth-order valence-electron chi connectivity index (χ4n) is 4.29. The van der Waals surface area contributed by atoms with Gasteiger partial charge in [0.1, 0.15) is 5.75 Å². The van der Waals surface area contributed by atoms with E-state index in [-0.39, 0.29) is 11.9 Å². The van der Waals surface area contributed by atoms with Crippen LogP contribution in [0.2, 0.25) is 0 Å². The molecule has 1 amide bonds. The molecule has 2 aromatic carbocycles. The Morgan fingerprint density at radius 2 is 1.87 bits per heavy atom. The molecule has 2 aliphatic heterocycles. The molecule has 0 radical (unpaired) electrons. The molecule has 2 aromatic rings. The topological polar surface area (TPSA) is 51.2 Å². The summed E-state index contributed by atoms with van der Waals surface area (Å²) >= 11 is 0. The molecule has 1 atom stereocenters. The maximum Gasteiger partial charge on any atom is 0.236 e. The van der Waals surface area contributed by atoms with Crippen LogP contribution in [0, 0.1) is 0 Å². The van der Waals surface area contributed by atoms with Gasteiger partial charge in [0.25, 0.3) is 0 Å². The molecule has 0 N–H and O–H groups in total. The average molecular weight is 425 g/mol. The molecule has 0 bridgehead atoms. The van der Waals surface area contributed by atoms with E-state index in [4.69, 9.17) is 14.2 Å². The number of nitrogens with zero attached hydrogens (tertiary/aromatic N) is 2. The summed E-state index contributed by atoms with van der Waals surface area (Å²) in [6, 6.07) is 14.4. The highest BCUT2D eigenvalue weighted by molar-refractivity contribution is 5.78. The lowest BCUT2D eigenvalue weighted by atomic mass is 10.0. The van der Waals surface area contributed by atoms with Gasteiger partial charge in [0.05, 0.1) is 26.4 Å². The Balaban J connectivity index is 1.37. The third-order valence-electron chi connectivity index (χ3n) is 5.94. The fraction of sp³-hybridized carbons (Fsp3) is 0.480. The smallest absolute Gasteiger partial charge is 0.236 e. The number of likely N-dealkylation sites (N-methyl/N-ethyl adjacent to an activating group) is 1. The minimum absolute atomic E-state index is 0.134. The summed E-state index contributed by atoms with van der Waals surface area (Å²) in [5.74, 6) is 2.63. The number of amides is 1. The number of benzene rings is 2. The summed E-state index contributed by atoms with van der Waals surface area (Å²) in [6.07, 6.45) is 3.04. The predicted molar refractivity (Wildman–Crippen MR) is 120 cm³/mol. The Morgan fingerprint density at radius 3 is 2.65 bits per heavy atom. The third kappa shape index (κ3) is 5.31. The Kier molecular flexibility index (Phi) is 6.97. The van der Waals surface area contributed by atoms with Crippen molar-refractivity contribution in [1.29, 1.82) is 0 Å². The Bertz CT molecular complexity index is 884. The first-order valence-electron chi connectivity index (χ1n) is 11.2. The van der Waals surface area contributed by atoms with Gasteiger partial charge in [-0.15, -0.1) is 0 Å². The van der Waals surface area contributed by atoms with Gasteiger partial charge in [-0.1, -0.05) is 18.2 Å². The first-order valence-corrected chi connectivity index (χ1v) is 11.2. The van der Waals surface area contributed by atoms with Crippen molar-refractivity contribution in [3.8, 4) is 17.2 Å². The summed E-state index contributed by atoms with van der Waals surface area (Å²) in [5.41, 5.74) is 2.30. The van der Waals surface area contributed by atoms with Crippen LogP contribution < -0.4 is 14.2 Å². The lowest BCUT2D eigenvalue weighted by Crippen LogP contribution is -2.37. The molecular weight excluding hydrogens is 392 g/mol. The molecule has 166 valence electrons. The van der Waals surface area contributed by atoms with E-state index in [2.05, 4.69) is 17.0 Å². The maximum atomic E-state index is 12.9. The molecule has 0 aromatic heterocycles. The quantitative estimate of drug-likeness (QED) is 0.671. The van der Waals surface area contributed by atoms with Crippen LogP contribution in [0.25, 0.3) is 0 Å². The molecule has 0 unspecified atom stereocenters. The van der Waals surface area contributed by atoms with Crippen molar-refractivity contribution in [3.63, 3.8) is 0 Å². The van der Waals surface area contributed by atoms with Crippen molar-refractivity contribution >= 4 is 5.91 Å². The van der Waals surface area contributed by atoms with Gasteiger partial charge in [-0.2, -0.15) is 0 Å². The van der Waals surface area contributed by atoms with E-state index in [1.807, 2.05) is 44.3 Å². The number of likely N-dealkylation sites (tertiary alicyclic amines) is 1. The average Bonchev–Trinajstić information content (AvgIpc) is 3.10. The van der Waals surface area contributed by atoms with Gasteiger partial charge in [0.15, 0.2) is 11.5 Å². The van der Waals surface area contributed by atoms with Crippen molar-refractivity contribution < 1.29 is 19.0 Å². The number of hydrogen-bond acceptors (Lipinski definition) is 5. The number of fused-ring (bicyclic) bond motifs is 1. The molecule has 2 aliphatic rings. The van der Waals surface area contributed by atoms with Crippen molar-refractivity contribution in [2.24, 2.45) is 0 Å². The number of ether oxygens (including phenoxy) is 3. The molecule has 1 fully saturated rings. The summed E-state index contributed by atoms with van der Waals surface area (Å²) in [7, 11) is 1.87. The second-order valence-electron chi connectivity index (χ2n) is 8.21. The fourth-order valence-corrected chi connectivity index (χ4v) is 4.29. The standard InChI is InChI=1S/C25H32N2O4/c1-3-29-21-10-7-19(8-11-21)17-26(2)25(28)18-27-13-4-6-22(27)20-9-12-23-24(16-20)31-15-5-14-30-23/h7-12,16,22H,3-6,13-15,17-18H2,1-2H3/t22-/m1/s1. The SMILES string of the molecule is CCOc1ccc(CN(C)C(=O)CN2CCC[C@@H]2c2ccc3c(c2)OCCCO3)cc1. The lowest BCUT2D eigenvalue weighted by molar-refractivity contribution is -0.131. The van der Waals surface area contributed by atoms with Crippen LogP contribution in [0.3, 0.4) is 0 Å². The Labute approximate surface area is 184 Å². The molecule has 4 rings (SSSR count). The highest BCUT2D eigenvalue weighted by atomic mass is 16.5. The van der Waals surface area contributed by atoms with E-state index in [1.54, 1.807) is 4.90 Å². The van der Waals surface area contributed by atoms with E-state index in [0.717, 1.165) is 48.6 Å². The van der Waals surface area contributed by atoms with Gasteiger partial charge in [0.2, 0.25) is 5.91 Å². The van der Waals surface area contributed by atoms with Crippen LogP contribution in [0.4, 0.5) is 0 Å². The van der Waals surface area contributed by atoms with E-state index in [1.165, 1.54) is 5.56 Å². The van der Waals surface area contributed by atoms with Gasteiger partial charge in [-0.25, -0.2) is 0 Å². The lowest BCUT2D eigenvalue weighted by Gasteiger charge is -2.27. The number of hydrogen-bond donors (Lipinski definition) is 0. The molecule has 0 spiro atoms. The zero-order valence-corrected chi connectivity index (χ0v) is 18.5. The monoisotopic (exact) mass is 424 g/mol. The molecule has 0 saturated carbocycles. The van der Waals surface area contributed by atoms with Crippen molar-refractivity contribution in [2.75, 3.05) is 40.0 Å². The minimum Gasteiger partial charge on any atom is -0.494 e. The first kappa shape index (κ1) is 21.5. The molecule has 0 aliphatic carbocycles. The van der Waals surface area contributed by atoms with E-state index >= 15 is 0 Å². The summed E-state index contributed by atoms with van der Waals surface area (Å²) < 4.78 is 17.1. The second-order valence-corrected chi connectivity index (χ2v) is 8.21. The maximum absolute atomic E-state index is 12.9. The van der Waals surface area contributed by atoms with Gasteiger partial charge >= 0.3 is 0 Å². The zero-order chi connectivity index (χ0) is 21.6. The third-order valence-corrected chi connectivity index (χ3v) is 5.94. The number of rotatable bonds is 7. The van der Waals surface area contributed by atoms with Gasteiger partial charge in [0, 0.05) is 26.1 Å². The van der Waals surface area contributed by atoms with E-state index in [0.29, 0.717) is 32.9 Å². The minimum atomic E-state index is 0.134.